The first kappa shape index (κ1) is 15.0. The molecule has 0 saturated carbocycles. The van der Waals surface area contributed by atoms with E-state index in [0.717, 1.165) is 23.5 Å². The molecule has 0 aromatic carbocycles. The quantitative estimate of drug-likeness (QED) is 0.925. The van der Waals surface area contributed by atoms with Gasteiger partial charge in [0.15, 0.2) is 0 Å². The van der Waals surface area contributed by atoms with Gasteiger partial charge in [0.1, 0.15) is 4.88 Å². The Morgan fingerprint density at radius 3 is 2.70 bits per heavy atom. The molecule has 1 atom stereocenters. The van der Waals surface area contributed by atoms with Crippen molar-refractivity contribution in [3.8, 4) is 0 Å². The van der Waals surface area contributed by atoms with Gasteiger partial charge in [0.2, 0.25) is 5.91 Å². The molecule has 110 valence electrons. The predicted molar refractivity (Wildman–Crippen MR) is 78.8 cm³/mol. The van der Waals surface area contributed by atoms with Crippen molar-refractivity contribution >= 4 is 23.2 Å². The van der Waals surface area contributed by atoms with Gasteiger partial charge in [0.25, 0.3) is 5.91 Å². The van der Waals surface area contributed by atoms with E-state index >= 15 is 0 Å². The molecule has 0 spiro atoms. The molecule has 1 aliphatic heterocycles. The predicted octanol–water partition coefficient (Wildman–Crippen LogP) is 1.91. The number of piperidine rings is 1. The molecule has 2 rings (SSSR count). The van der Waals surface area contributed by atoms with E-state index in [-0.39, 0.29) is 17.7 Å². The largest absolute Gasteiger partial charge is 0.369 e. The molecule has 1 fully saturated rings. The summed E-state index contributed by atoms with van der Waals surface area (Å²) in [7, 11) is 0. The van der Waals surface area contributed by atoms with Gasteiger partial charge in [-0.25, -0.2) is 4.98 Å². The third-order valence-electron chi connectivity index (χ3n) is 3.61. The van der Waals surface area contributed by atoms with Crippen LogP contribution in [0.4, 0.5) is 0 Å². The van der Waals surface area contributed by atoms with E-state index in [1.807, 2.05) is 6.92 Å². The van der Waals surface area contributed by atoms with Crippen molar-refractivity contribution in [2.24, 2.45) is 11.7 Å². The summed E-state index contributed by atoms with van der Waals surface area (Å²) in [5.74, 6) is -0.227. The van der Waals surface area contributed by atoms with E-state index < -0.39 is 0 Å². The number of hydrogen-bond donors (Lipinski definition) is 1. The van der Waals surface area contributed by atoms with Crippen LogP contribution >= 0.6 is 11.3 Å². The molecule has 2 amide bonds. The molecule has 0 bridgehead atoms. The molecule has 1 aromatic rings. The first-order chi connectivity index (χ1) is 9.40. The minimum atomic E-state index is -0.314. The molecule has 5 nitrogen and oxygen atoms in total. The molecule has 1 aromatic heterocycles. The Balaban J connectivity index is 2.16. The van der Waals surface area contributed by atoms with E-state index in [1.54, 1.807) is 4.90 Å². The second-order valence-electron chi connectivity index (χ2n) is 5.61. The summed E-state index contributed by atoms with van der Waals surface area (Å²) in [6, 6.07) is 0. The van der Waals surface area contributed by atoms with Crippen LogP contribution in [0, 0.1) is 12.8 Å². The lowest BCUT2D eigenvalue weighted by atomic mass is 9.97. The van der Waals surface area contributed by atoms with Gasteiger partial charge in [-0.2, -0.15) is 0 Å². The van der Waals surface area contributed by atoms with Crippen molar-refractivity contribution in [3.05, 3.63) is 15.6 Å². The van der Waals surface area contributed by atoms with Crippen LogP contribution in [0.5, 0.6) is 0 Å². The summed E-state index contributed by atoms with van der Waals surface area (Å²) in [5.41, 5.74) is 6.14. The fraction of sp³-hybridized carbons (Fsp3) is 0.643. The number of rotatable bonds is 3. The Bertz CT molecular complexity index is 524. The Labute approximate surface area is 123 Å². The molecule has 6 heteroatoms. The number of nitrogens with zero attached hydrogens (tertiary/aromatic N) is 2. The van der Waals surface area contributed by atoms with Crippen molar-refractivity contribution in [1.29, 1.82) is 0 Å². The zero-order valence-corrected chi connectivity index (χ0v) is 13.0. The Morgan fingerprint density at radius 2 is 2.15 bits per heavy atom. The Hall–Kier alpha value is -1.43. The second kappa shape index (κ2) is 5.91. The molecular weight excluding hydrogens is 274 g/mol. The highest BCUT2D eigenvalue weighted by Crippen LogP contribution is 2.27. The molecule has 0 aliphatic carbocycles. The molecule has 1 aliphatic rings. The summed E-state index contributed by atoms with van der Waals surface area (Å²) < 4.78 is 0. The summed E-state index contributed by atoms with van der Waals surface area (Å²) in [6.45, 7) is 7.12. The lowest BCUT2D eigenvalue weighted by Gasteiger charge is -2.30. The number of carbonyl (C=O) groups excluding carboxylic acids is 2. The van der Waals surface area contributed by atoms with Crippen LogP contribution in [0.15, 0.2) is 0 Å². The average molecular weight is 295 g/mol. The summed E-state index contributed by atoms with van der Waals surface area (Å²) >= 11 is 1.46. The third-order valence-corrected chi connectivity index (χ3v) is 5.06. The van der Waals surface area contributed by atoms with Crippen LogP contribution in [0.3, 0.4) is 0 Å². The fourth-order valence-corrected chi connectivity index (χ4v) is 3.44. The van der Waals surface area contributed by atoms with Gasteiger partial charge in [-0.3, -0.25) is 9.59 Å². The highest BCUT2D eigenvalue weighted by atomic mass is 32.1. The zero-order valence-electron chi connectivity index (χ0n) is 12.2. The number of aromatic nitrogens is 1. The molecule has 20 heavy (non-hydrogen) atoms. The monoisotopic (exact) mass is 295 g/mol. The first-order valence-electron chi connectivity index (χ1n) is 6.96. The number of thiazole rings is 1. The Morgan fingerprint density at radius 1 is 1.45 bits per heavy atom. The van der Waals surface area contributed by atoms with Crippen LogP contribution < -0.4 is 5.73 Å². The average Bonchev–Trinajstić information content (AvgIpc) is 2.80. The highest BCUT2D eigenvalue weighted by Gasteiger charge is 2.29. The van der Waals surface area contributed by atoms with Crippen LogP contribution in [-0.2, 0) is 4.79 Å². The van der Waals surface area contributed by atoms with E-state index in [1.165, 1.54) is 11.3 Å². The van der Waals surface area contributed by atoms with Gasteiger partial charge in [-0.15, -0.1) is 11.3 Å². The summed E-state index contributed by atoms with van der Waals surface area (Å²) in [4.78, 5) is 30.8. The second-order valence-corrected chi connectivity index (χ2v) is 6.64. The lowest BCUT2D eigenvalue weighted by Crippen LogP contribution is -2.44. The molecule has 0 radical (unpaired) electrons. The minimum Gasteiger partial charge on any atom is -0.369 e. The maximum Gasteiger partial charge on any atom is 0.265 e. The maximum atomic E-state index is 12.6. The Kier molecular flexibility index (Phi) is 4.42. The van der Waals surface area contributed by atoms with Crippen molar-refractivity contribution in [2.75, 3.05) is 13.1 Å². The number of aryl methyl sites for hydroxylation is 1. The van der Waals surface area contributed by atoms with E-state index in [4.69, 9.17) is 5.73 Å². The number of amides is 2. The van der Waals surface area contributed by atoms with Gasteiger partial charge in [-0.1, -0.05) is 13.8 Å². The van der Waals surface area contributed by atoms with Crippen LogP contribution in [0.2, 0.25) is 0 Å². The standard InChI is InChI=1S/C14H21N3O2S/c1-8(2)13-16-9(3)11(20-13)14(19)17-6-4-5-10(7-17)12(15)18/h8,10H,4-7H2,1-3H3,(H2,15,18)/t10-/m0/s1. The number of hydrogen-bond acceptors (Lipinski definition) is 4. The third kappa shape index (κ3) is 3.00. The van der Waals surface area contributed by atoms with Gasteiger partial charge >= 0.3 is 0 Å². The highest BCUT2D eigenvalue weighted by molar-refractivity contribution is 7.13. The van der Waals surface area contributed by atoms with Crippen LogP contribution in [-0.4, -0.2) is 34.8 Å². The number of nitrogens with two attached hydrogens (primary N) is 1. The zero-order chi connectivity index (χ0) is 14.9. The van der Waals surface area contributed by atoms with Crippen molar-refractivity contribution in [2.45, 2.75) is 39.5 Å². The van der Waals surface area contributed by atoms with Gasteiger partial charge in [0.05, 0.1) is 16.6 Å². The number of carbonyl (C=O) groups is 2. The first-order valence-corrected chi connectivity index (χ1v) is 7.77. The van der Waals surface area contributed by atoms with E-state index in [9.17, 15) is 9.59 Å². The van der Waals surface area contributed by atoms with Crippen molar-refractivity contribution in [3.63, 3.8) is 0 Å². The lowest BCUT2D eigenvalue weighted by molar-refractivity contribution is -0.123. The topological polar surface area (TPSA) is 76.3 Å². The van der Waals surface area contributed by atoms with Gasteiger partial charge < -0.3 is 10.6 Å². The van der Waals surface area contributed by atoms with Crippen molar-refractivity contribution in [1.82, 2.24) is 9.88 Å². The normalized spacial score (nSPS) is 19.4. The molecule has 0 unspecified atom stereocenters. The number of primary amides is 1. The molecule has 1 saturated heterocycles. The molecule has 2 N–H and O–H groups in total. The molecule has 2 heterocycles. The smallest absolute Gasteiger partial charge is 0.265 e. The van der Waals surface area contributed by atoms with Crippen LogP contribution in [0.25, 0.3) is 0 Å². The van der Waals surface area contributed by atoms with E-state index in [2.05, 4.69) is 18.8 Å². The maximum absolute atomic E-state index is 12.6. The molecular formula is C14H21N3O2S. The number of likely N-dealkylation sites (tertiary alicyclic amines) is 1. The van der Waals surface area contributed by atoms with Crippen LogP contribution in [0.1, 0.15) is 53.0 Å². The van der Waals surface area contributed by atoms with Gasteiger partial charge in [-0.05, 0) is 19.8 Å². The van der Waals surface area contributed by atoms with Crippen molar-refractivity contribution < 1.29 is 9.59 Å². The minimum absolute atomic E-state index is 0.0159. The summed E-state index contributed by atoms with van der Waals surface area (Å²) in [5, 5.41) is 0.981. The van der Waals surface area contributed by atoms with Gasteiger partial charge in [0, 0.05) is 19.0 Å². The van der Waals surface area contributed by atoms with E-state index in [0.29, 0.717) is 23.9 Å². The summed E-state index contributed by atoms with van der Waals surface area (Å²) in [6.07, 6.45) is 1.60. The fourth-order valence-electron chi connectivity index (χ4n) is 2.40. The SMILES string of the molecule is Cc1nc(C(C)C)sc1C(=O)N1CCC[C@H](C(N)=O)C1.